The highest BCUT2D eigenvalue weighted by molar-refractivity contribution is 5.93. The molecule has 0 bridgehead atoms. The van der Waals surface area contributed by atoms with Crippen LogP contribution in [-0.4, -0.2) is 24.5 Å². The van der Waals surface area contributed by atoms with Crippen molar-refractivity contribution in [2.24, 2.45) is 5.92 Å². The lowest BCUT2D eigenvalue weighted by molar-refractivity contribution is -0.275. The second-order valence-corrected chi connectivity index (χ2v) is 7.03. The van der Waals surface area contributed by atoms with Gasteiger partial charge >= 0.3 is 12.7 Å². The Balaban J connectivity index is 1.86. The first-order valence-corrected chi connectivity index (χ1v) is 9.61. The van der Waals surface area contributed by atoms with Gasteiger partial charge in [-0.3, -0.25) is 9.59 Å². The van der Waals surface area contributed by atoms with Crippen LogP contribution in [0, 0.1) is 5.92 Å². The number of amides is 2. The fraction of sp³-hybridized carbons (Fsp3) is 0.333. The van der Waals surface area contributed by atoms with Gasteiger partial charge in [0.05, 0.1) is 11.4 Å². The molecule has 0 radical (unpaired) electrons. The quantitative estimate of drug-likeness (QED) is 0.442. The Morgan fingerprint density at radius 1 is 0.788 bits per heavy atom. The number of carbonyl (C=O) groups is 2. The molecule has 2 rings (SSSR count). The molecule has 0 aromatic heterocycles. The van der Waals surface area contributed by atoms with Gasteiger partial charge in [0.2, 0.25) is 11.8 Å². The summed E-state index contributed by atoms with van der Waals surface area (Å²) >= 11 is 0. The third-order valence-electron chi connectivity index (χ3n) is 4.17. The zero-order valence-electron chi connectivity index (χ0n) is 17.2. The van der Waals surface area contributed by atoms with Crippen molar-refractivity contribution < 1.29 is 45.4 Å². The molecule has 2 amide bonds. The topological polar surface area (TPSA) is 76.7 Å². The van der Waals surface area contributed by atoms with Gasteiger partial charge in [0.25, 0.3) is 0 Å². The minimum absolute atomic E-state index is 0.109. The smallest absolute Gasteiger partial charge is 0.404 e. The average molecular weight is 478 g/mol. The maximum absolute atomic E-state index is 12.5. The predicted molar refractivity (Wildman–Crippen MR) is 107 cm³/mol. The summed E-state index contributed by atoms with van der Waals surface area (Å²) in [5.41, 5.74) is -0.322. The van der Waals surface area contributed by atoms with E-state index < -0.39 is 36.0 Å². The Bertz CT molecular complexity index is 962. The normalized spacial score (nSPS) is 12.6. The van der Waals surface area contributed by atoms with Crippen molar-refractivity contribution in [3.05, 3.63) is 48.5 Å². The molecule has 2 N–H and O–H groups in total. The number of ether oxygens (including phenoxy) is 2. The molecule has 2 aromatic rings. The molecule has 0 saturated heterocycles. The van der Waals surface area contributed by atoms with Crippen molar-refractivity contribution in [3.8, 4) is 11.5 Å². The minimum Gasteiger partial charge on any atom is -0.404 e. The maximum Gasteiger partial charge on any atom is 0.573 e. The van der Waals surface area contributed by atoms with Gasteiger partial charge in [-0.15, -0.1) is 26.3 Å². The zero-order valence-corrected chi connectivity index (χ0v) is 17.2. The molecule has 6 nitrogen and oxygen atoms in total. The predicted octanol–water partition coefficient (Wildman–Crippen LogP) is 5.87. The third kappa shape index (κ3) is 9.71. The number of alkyl halides is 6. The fourth-order valence-electron chi connectivity index (χ4n) is 2.78. The Morgan fingerprint density at radius 3 is 1.67 bits per heavy atom. The van der Waals surface area contributed by atoms with Crippen molar-refractivity contribution >= 4 is 23.2 Å². The van der Waals surface area contributed by atoms with Crippen molar-refractivity contribution in [2.45, 2.75) is 38.9 Å². The molecule has 0 aliphatic carbocycles. The Labute approximate surface area is 184 Å². The van der Waals surface area contributed by atoms with Crippen LogP contribution in [-0.2, 0) is 9.59 Å². The van der Waals surface area contributed by atoms with Crippen molar-refractivity contribution in [1.29, 1.82) is 0 Å². The summed E-state index contributed by atoms with van der Waals surface area (Å²) < 4.78 is 82.5. The van der Waals surface area contributed by atoms with Crippen molar-refractivity contribution in [3.63, 3.8) is 0 Å². The highest BCUT2D eigenvalue weighted by atomic mass is 19.4. The van der Waals surface area contributed by atoms with Crippen LogP contribution in [0.5, 0.6) is 11.5 Å². The molecule has 0 spiro atoms. The third-order valence-corrected chi connectivity index (χ3v) is 4.17. The summed E-state index contributed by atoms with van der Waals surface area (Å²) in [5, 5.41) is 4.66. The number of anilines is 2. The first-order valence-electron chi connectivity index (χ1n) is 9.61. The SMILES string of the molecule is CC(CCC(=O)Nc1ccccc1OC(F)(F)F)CC(=O)Nc1ccccc1OC(F)(F)F. The molecular weight excluding hydrogens is 458 g/mol. The van der Waals surface area contributed by atoms with E-state index in [2.05, 4.69) is 20.1 Å². The highest BCUT2D eigenvalue weighted by Crippen LogP contribution is 2.31. The van der Waals surface area contributed by atoms with Gasteiger partial charge in [-0.2, -0.15) is 0 Å². The van der Waals surface area contributed by atoms with Gasteiger partial charge < -0.3 is 20.1 Å². The summed E-state index contributed by atoms with van der Waals surface area (Å²) in [6.07, 6.45) is -9.87. The lowest BCUT2D eigenvalue weighted by atomic mass is 10.0. The number of hydrogen-bond donors (Lipinski definition) is 2. The van der Waals surface area contributed by atoms with E-state index in [1.54, 1.807) is 6.92 Å². The largest absolute Gasteiger partial charge is 0.573 e. The standard InChI is InChI=1S/C21H20F6N2O4/c1-13(12-19(31)29-15-7-3-5-9-17(15)33-21(25,26)27)10-11-18(30)28-14-6-2-4-8-16(14)32-20(22,23)24/h2-9,13H,10-12H2,1H3,(H,28,30)(H,29,31). The van der Waals surface area contributed by atoms with Gasteiger partial charge in [-0.05, 0) is 36.6 Å². The minimum atomic E-state index is -4.93. The molecule has 0 saturated carbocycles. The molecule has 0 aliphatic rings. The van der Waals surface area contributed by atoms with Crippen LogP contribution in [0.2, 0.25) is 0 Å². The molecule has 1 atom stereocenters. The van der Waals surface area contributed by atoms with Crippen LogP contribution < -0.4 is 20.1 Å². The Kier molecular flexibility index (Phi) is 8.55. The zero-order chi connectivity index (χ0) is 24.6. The van der Waals surface area contributed by atoms with E-state index in [4.69, 9.17) is 0 Å². The van der Waals surface area contributed by atoms with Crippen molar-refractivity contribution in [1.82, 2.24) is 0 Å². The lowest BCUT2D eigenvalue weighted by Gasteiger charge is -2.16. The van der Waals surface area contributed by atoms with E-state index in [-0.39, 0.29) is 36.6 Å². The molecule has 0 fully saturated rings. The van der Waals surface area contributed by atoms with Crippen LogP contribution >= 0.6 is 0 Å². The van der Waals surface area contributed by atoms with E-state index in [0.29, 0.717) is 0 Å². The number of hydrogen-bond acceptors (Lipinski definition) is 4. The summed E-state index contributed by atoms with van der Waals surface area (Å²) in [4.78, 5) is 24.3. The number of halogens is 6. The Hall–Kier alpha value is -3.44. The molecule has 1 unspecified atom stereocenters. The van der Waals surface area contributed by atoms with Gasteiger partial charge in [0.1, 0.15) is 0 Å². The van der Waals surface area contributed by atoms with Crippen LogP contribution in [0.25, 0.3) is 0 Å². The van der Waals surface area contributed by atoms with E-state index in [9.17, 15) is 35.9 Å². The first kappa shape index (κ1) is 25.8. The molecule has 2 aromatic carbocycles. The average Bonchev–Trinajstić information content (AvgIpc) is 2.67. The van der Waals surface area contributed by atoms with Gasteiger partial charge in [-0.25, -0.2) is 0 Å². The summed E-state index contributed by atoms with van der Waals surface area (Å²) in [6, 6.07) is 10.1. The van der Waals surface area contributed by atoms with E-state index in [1.165, 1.54) is 36.4 Å². The van der Waals surface area contributed by atoms with Crippen LogP contribution in [0.4, 0.5) is 37.7 Å². The van der Waals surface area contributed by atoms with Crippen LogP contribution in [0.15, 0.2) is 48.5 Å². The summed E-state index contributed by atoms with van der Waals surface area (Å²) in [6.45, 7) is 1.64. The molecule has 180 valence electrons. The lowest BCUT2D eigenvalue weighted by Crippen LogP contribution is -2.21. The number of carbonyl (C=O) groups excluding carboxylic acids is 2. The summed E-state index contributed by atoms with van der Waals surface area (Å²) in [5.74, 6) is -2.67. The highest BCUT2D eigenvalue weighted by Gasteiger charge is 2.33. The Morgan fingerprint density at radius 2 is 1.21 bits per heavy atom. The van der Waals surface area contributed by atoms with E-state index >= 15 is 0 Å². The van der Waals surface area contributed by atoms with E-state index in [0.717, 1.165) is 12.1 Å². The second kappa shape index (κ2) is 10.9. The van der Waals surface area contributed by atoms with Gasteiger partial charge in [-0.1, -0.05) is 31.2 Å². The van der Waals surface area contributed by atoms with Gasteiger partial charge in [0.15, 0.2) is 11.5 Å². The monoisotopic (exact) mass is 478 g/mol. The molecule has 12 heteroatoms. The molecular formula is C21H20F6N2O4. The second-order valence-electron chi connectivity index (χ2n) is 7.03. The van der Waals surface area contributed by atoms with Gasteiger partial charge in [0, 0.05) is 12.8 Å². The van der Waals surface area contributed by atoms with Crippen LogP contribution in [0.3, 0.4) is 0 Å². The fourth-order valence-corrected chi connectivity index (χ4v) is 2.78. The van der Waals surface area contributed by atoms with Crippen molar-refractivity contribution in [2.75, 3.05) is 10.6 Å². The number of benzene rings is 2. The molecule has 33 heavy (non-hydrogen) atoms. The number of nitrogens with one attached hydrogen (secondary N) is 2. The first-order chi connectivity index (χ1) is 15.3. The molecule has 0 heterocycles. The maximum atomic E-state index is 12.5. The number of para-hydroxylation sites is 4. The summed E-state index contributed by atoms with van der Waals surface area (Å²) in [7, 11) is 0. The molecule has 0 aliphatic heterocycles. The number of rotatable bonds is 9. The van der Waals surface area contributed by atoms with E-state index in [1.807, 2.05) is 0 Å². The van der Waals surface area contributed by atoms with Crippen LogP contribution in [0.1, 0.15) is 26.2 Å².